The molecule has 4 aromatic rings. The summed E-state index contributed by atoms with van der Waals surface area (Å²) < 4.78 is 10.9. The molecule has 0 aliphatic carbocycles. The summed E-state index contributed by atoms with van der Waals surface area (Å²) >= 11 is 12.0. The first-order valence-corrected chi connectivity index (χ1v) is 15.5. The van der Waals surface area contributed by atoms with E-state index in [-0.39, 0.29) is 18.6 Å². The lowest BCUT2D eigenvalue weighted by Gasteiger charge is -2.35. The fourth-order valence-corrected chi connectivity index (χ4v) is 5.68. The van der Waals surface area contributed by atoms with E-state index in [1.165, 1.54) is 11.6 Å². The predicted molar refractivity (Wildman–Crippen MR) is 176 cm³/mol. The topological polar surface area (TPSA) is 87.2 Å². The number of carbonyl (C=O) groups excluding carboxylic acids is 2. The van der Waals surface area contributed by atoms with E-state index in [2.05, 4.69) is 21.3 Å². The standard InChI is InChI=1S/C34H33Cl2N5O4/c1-39(32-12-7-26(20-37-32)38-34(43)25-6-10-28(35)29(36)19-25)27-8-2-23(3-9-27)5-13-33(42)41-16-14-40(15-17-41)21-24-4-11-30-31(18-24)45-22-44-30/h2-4,6-12,18-20H,5,13-17,21-22H2,1H3,(H,38,43). The molecule has 1 aromatic heterocycles. The van der Waals surface area contributed by atoms with Gasteiger partial charge in [0.2, 0.25) is 12.7 Å². The Morgan fingerprint density at radius 1 is 0.867 bits per heavy atom. The van der Waals surface area contributed by atoms with Crippen LogP contribution in [0.4, 0.5) is 17.2 Å². The Kier molecular flexibility index (Phi) is 9.39. The molecule has 0 unspecified atom stereocenters. The van der Waals surface area contributed by atoms with Gasteiger partial charge in [0, 0.05) is 57.4 Å². The molecular weight excluding hydrogens is 613 g/mol. The maximum absolute atomic E-state index is 13.0. The van der Waals surface area contributed by atoms with Crippen LogP contribution in [0.5, 0.6) is 11.5 Å². The molecule has 9 nitrogen and oxygen atoms in total. The van der Waals surface area contributed by atoms with Crippen molar-refractivity contribution in [3.8, 4) is 11.5 Å². The first kappa shape index (κ1) is 30.7. The van der Waals surface area contributed by atoms with Crippen molar-refractivity contribution >= 4 is 52.2 Å². The molecule has 2 amide bonds. The molecule has 2 aliphatic rings. The predicted octanol–water partition coefficient (Wildman–Crippen LogP) is 6.41. The van der Waals surface area contributed by atoms with E-state index >= 15 is 0 Å². The van der Waals surface area contributed by atoms with Gasteiger partial charge in [-0.2, -0.15) is 0 Å². The molecule has 6 rings (SSSR count). The molecular formula is C34H33Cl2N5O4. The van der Waals surface area contributed by atoms with Gasteiger partial charge < -0.3 is 24.6 Å². The first-order valence-electron chi connectivity index (χ1n) is 14.8. The van der Waals surface area contributed by atoms with Crippen LogP contribution in [0.25, 0.3) is 0 Å². The fraction of sp³-hybridized carbons (Fsp3) is 0.265. The van der Waals surface area contributed by atoms with Crippen molar-refractivity contribution in [2.45, 2.75) is 19.4 Å². The van der Waals surface area contributed by atoms with E-state index in [1.807, 2.05) is 59.3 Å². The van der Waals surface area contributed by atoms with Gasteiger partial charge in [-0.05, 0) is 72.1 Å². The van der Waals surface area contributed by atoms with Crippen LogP contribution >= 0.6 is 23.2 Å². The normalized spacial score (nSPS) is 14.3. The highest BCUT2D eigenvalue weighted by Crippen LogP contribution is 2.33. The van der Waals surface area contributed by atoms with E-state index in [0.29, 0.717) is 34.1 Å². The Morgan fingerprint density at radius 2 is 1.62 bits per heavy atom. The molecule has 1 saturated heterocycles. The maximum Gasteiger partial charge on any atom is 0.255 e. The Hall–Kier alpha value is -4.31. The molecule has 2 aliphatic heterocycles. The second kappa shape index (κ2) is 13.8. The fourth-order valence-electron chi connectivity index (χ4n) is 5.38. The number of rotatable bonds is 9. The summed E-state index contributed by atoms with van der Waals surface area (Å²) in [5, 5.41) is 3.53. The lowest BCUT2D eigenvalue weighted by Crippen LogP contribution is -2.48. The van der Waals surface area contributed by atoms with E-state index in [1.54, 1.807) is 24.4 Å². The highest BCUT2D eigenvalue weighted by Gasteiger charge is 2.22. The van der Waals surface area contributed by atoms with Crippen LogP contribution in [-0.4, -0.2) is 66.6 Å². The minimum Gasteiger partial charge on any atom is -0.454 e. The van der Waals surface area contributed by atoms with Gasteiger partial charge >= 0.3 is 0 Å². The molecule has 232 valence electrons. The molecule has 0 radical (unpaired) electrons. The number of aromatic nitrogens is 1. The van der Waals surface area contributed by atoms with Gasteiger partial charge in [-0.3, -0.25) is 14.5 Å². The highest BCUT2D eigenvalue weighted by molar-refractivity contribution is 6.42. The number of hydrogen-bond donors (Lipinski definition) is 1. The molecule has 0 spiro atoms. The Labute approximate surface area is 272 Å². The number of anilines is 3. The van der Waals surface area contributed by atoms with E-state index < -0.39 is 0 Å². The number of carbonyl (C=O) groups is 2. The van der Waals surface area contributed by atoms with Gasteiger partial charge in [0.1, 0.15) is 5.82 Å². The number of amides is 2. The smallest absolute Gasteiger partial charge is 0.255 e. The van der Waals surface area contributed by atoms with Crippen LogP contribution in [0.1, 0.15) is 27.9 Å². The van der Waals surface area contributed by atoms with Gasteiger partial charge in [-0.1, -0.05) is 41.4 Å². The number of nitrogens with one attached hydrogen (secondary N) is 1. The van der Waals surface area contributed by atoms with Crippen molar-refractivity contribution in [3.05, 3.63) is 106 Å². The van der Waals surface area contributed by atoms with Gasteiger partial charge in [-0.15, -0.1) is 0 Å². The summed E-state index contributed by atoms with van der Waals surface area (Å²) in [4.78, 5) is 36.3. The molecule has 3 aromatic carbocycles. The average Bonchev–Trinajstić information content (AvgIpc) is 3.53. The van der Waals surface area contributed by atoms with Crippen LogP contribution in [-0.2, 0) is 17.8 Å². The lowest BCUT2D eigenvalue weighted by atomic mass is 10.1. The van der Waals surface area contributed by atoms with Gasteiger partial charge in [-0.25, -0.2) is 4.98 Å². The van der Waals surface area contributed by atoms with Crippen molar-refractivity contribution < 1.29 is 19.1 Å². The van der Waals surface area contributed by atoms with Crippen molar-refractivity contribution in [2.75, 3.05) is 50.2 Å². The van der Waals surface area contributed by atoms with Crippen molar-refractivity contribution in [1.82, 2.24) is 14.8 Å². The summed E-state index contributed by atoms with van der Waals surface area (Å²) in [7, 11) is 1.93. The van der Waals surface area contributed by atoms with Crippen LogP contribution < -0.4 is 19.7 Å². The third-order valence-corrected chi connectivity index (χ3v) is 8.79. The monoisotopic (exact) mass is 645 g/mol. The zero-order valence-corrected chi connectivity index (χ0v) is 26.4. The summed E-state index contributed by atoms with van der Waals surface area (Å²) in [6.45, 7) is 4.27. The number of piperazine rings is 1. The number of pyridine rings is 1. The van der Waals surface area contributed by atoms with Gasteiger partial charge in [0.05, 0.1) is 21.9 Å². The van der Waals surface area contributed by atoms with Gasteiger partial charge in [0.25, 0.3) is 5.91 Å². The van der Waals surface area contributed by atoms with E-state index in [0.717, 1.165) is 61.3 Å². The van der Waals surface area contributed by atoms with Crippen LogP contribution in [0, 0.1) is 0 Å². The lowest BCUT2D eigenvalue weighted by molar-refractivity contribution is -0.133. The number of aryl methyl sites for hydroxylation is 1. The summed E-state index contributed by atoms with van der Waals surface area (Å²) in [5.41, 5.74) is 4.22. The molecule has 1 fully saturated rings. The second-order valence-electron chi connectivity index (χ2n) is 11.1. The van der Waals surface area contributed by atoms with Crippen molar-refractivity contribution in [2.24, 2.45) is 0 Å². The van der Waals surface area contributed by atoms with Crippen molar-refractivity contribution in [1.29, 1.82) is 0 Å². The number of ether oxygens (including phenoxy) is 2. The third-order valence-electron chi connectivity index (χ3n) is 8.05. The summed E-state index contributed by atoms with van der Waals surface area (Å²) in [5.74, 6) is 2.21. The third kappa shape index (κ3) is 7.50. The molecule has 45 heavy (non-hydrogen) atoms. The van der Waals surface area contributed by atoms with E-state index in [4.69, 9.17) is 32.7 Å². The van der Waals surface area contributed by atoms with E-state index in [9.17, 15) is 9.59 Å². The Balaban J connectivity index is 0.949. The Morgan fingerprint density at radius 3 is 2.36 bits per heavy atom. The first-order chi connectivity index (χ1) is 21.8. The largest absolute Gasteiger partial charge is 0.454 e. The number of hydrogen-bond acceptors (Lipinski definition) is 7. The maximum atomic E-state index is 13.0. The highest BCUT2D eigenvalue weighted by atomic mass is 35.5. The number of benzene rings is 3. The van der Waals surface area contributed by atoms with Crippen LogP contribution in [0.15, 0.2) is 79.0 Å². The molecule has 11 heteroatoms. The quantitative estimate of drug-likeness (QED) is 0.225. The second-order valence-corrected chi connectivity index (χ2v) is 11.9. The zero-order chi connectivity index (χ0) is 31.3. The Bertz CT molecular complexity index is 1680. The molecule has 1 N–H and O–H groups in total. The molecule has 0 atom stereocenters. The SMILES string of the molecule is CN(c1ccc(CCC(=O)N2CCN(Cc3ccc4c(c3)OCO4)CC2)cc1)c1ccc(NC(=O)c2ccc(Cl)c(Cl)c2)cn1. The summed E-state index contributed by atoms with van der Waals surface area (Å²) in [6.07, 6.45) is 2.78. The number of halogens is 2. The molecule has 3 heterocycles. The summed E-state index contributed by atoms with van der Waals surface area (Å²) in [6, 6.07) is 22.6. The van der Waals surface area contributed by atoms with Gasteiger partial charge in [0.15, 0.2) is 11.5 Å². The van der Waals surface area contributed by atoms with Crippen LogP contribution in [0.2, 0.25) is 10.0 Å². The minimum atomic E-state index is -0.301. The zero-order valence-electron chi connectivity index (χ0n) is 24.8. The van der Waals surface area contributed by atoms with Crippen molar-refractivity contribution in [3.63, 3.8) is 0 Å². The minimum absolute atomic E-state index is 0.189. The average molecular weight is 647 g/mol. The van der Waals surface area contributed by atoms with Crippen LogP contribution in [0.3, 0.4) is 0 Å². The number of nitrogens with zero attached hydrogens (tertiary/aromatic N) is 4. The number of fused-ring (bicyclic) bond motifs is 1. The molecule has 0 bridgehead atoms. The molecule has 0 saturated carbocycles.